The Hall–Kier alpha value is -2.17. The molecule has 1 fully saturated rings. The Bertz CT molecular complexity index is 695. The molecule has 134 valence electrons. The van der Waals surface area contributed by atoms with Crippen LogP contribution in [0.5, 0.6) is 0 Å². The van der Waals surface area contributed by atoms with Crippen LogP contribution in [0.4, 0.5) is 0 Å². The van der Waals surface area contributed by atoms with Crippen LogP contribution in [0.2, 0.25) is 0 Å². The predicted molar refractivity (Wildman–Crippen MR) is 98.2 cm³/mol. The van der Waals surface area contributed by atoms with Crippen molar-refractivity contribution in [1.29, 1.82) is 0 Å². The van der Waals surface area contributed by atoms with E-state index in [-0.39, 0.29) is 0 Å². The van der Waals surface area contributed by atoms with Gasteiger partial charge in [0.2, 0.25) is 5.91 Å². The number of likely N-dealkylation sites (tertiary alicyclic amines) is 1. The average molecular weight is 340 g/mol. The molecule has 2 aromatic heterocycles. The van der Waals surface area contributed by atoms with Gasteiger partial charge in [0.05, 0.1) is 5.69 Å². The fourth-order valence-electron chi connectivity index (χ4n) is 3.77. The van der Waals surface area contributed by atoms with E-state index < -0.39 is 0 Å². The van der Waals surface area contributed by atoms with Crippen LogP contribution in [0, 0.1) is 13.8 Å². The summed E-state index contributed by atoms with van der Waals surface area (Å²) in [4.78, 5) is 18.8. The van der Waals surface area contributed by atoms with Crippen molar-refractivity contribution in [3.05, 3.63) is 47.5 Å². The van der Waals surface area contributed by atoms with Gasteiger partial charge in [-0.05, 0) is 69.7 Å². The van der Waals surface area contributed by atoms with Crippen LogP contribution >= 0.6 is 0 Å². The summed E-state index contributed by atoms with van der Waals surface area (Å²) in [6.45, 7) is 5.81. The van der Waals surface area contributed by atoms with Gasteiger partial charge < -0.3 is 4.90 Å². The summed E-state index contributed by atoms with van der Waals surface area (Å²) < 4.78 is 2.01. The highest BCUT2D eigenvalue weighted by molar-refractivity contribution is 5.76. The molecule has 1 amide bonds. The van der Waals surface area contributed by atoms with Gasteiger partial charge in [0.25, 0.3) is 0 Å². The number of carbonyl (C=O) groups is 1. The van der Waals surface area contributed by atoms with E-state index in [2.05, 4.69) is 40.1 Å². The third-order valence-corrected chi connectivity index (χ3v) is 5.08. The van der Waals surface area contributed by atoms with E-state index >= 15 is 0 Å². The highest BCUT2D eigenvalue weighted by atomic mass is 16.2. The lowest BCUT2D eigenvalue weighted by atomic mass is 10.0. The molecule has 1 saturated heterocycles. The standard InChI is InChI=1S/C20H28N4O/c1-16-15-17(2)24(22-16)14-4-6-20(25)23-13-3-5-19(23)8-7-18-9-11-21-12-10-18/h9-12,15,19H,3-8,13-14H2,1-2H3/t19-/m0/s1. The van der Waals surface area contributed by atoms with Crippen molar-refractivity contribution in [2.75, 3.05) is 6.54 Å². The Morgan fingerprint density at radius 3 is 2.80 bits per heavy atom. The van der Waals surface area contributed by atoms with E-state index in [1.807, 2.05) is 24.0 Å². The fraction of sp³-hybridized carbons (Fsp3) is 0.550. The molecule has 1 aliphatic rings. The van der Waals surface area contributed by atoms with Crippen molar-refractivity contribution in [3.63, 3.8) is 0 Å². The monoisotopic (exact) mass is 340 g/mol. The Morgan fingerprint density at radius 2 is 2.08 bits per heavy atom. The van der Waals surface area contributed by atoms with Crippen molar-refractivity contribution in [3.8, 4) is 0 Å². The van der Waals surface area contributed by atoms with Crippen LogP contribution in [0.25, 0.3) is 0 Å². The van der Waals surface area contributed by atoms with E-state index in [4.69, 9.17) is 0 Å². The number of nitrogens with zero attached hydrogens (tertiary/aromatic N) is 4. The maximum Gasteiger partial charge on any atom is 0.222 e. The van der Waals surface area contributed by atoms with Gasteiger partial charge in [0.1, 0.15) is 0 Å². The molecular formula is C20H28N4O. The van der Waals surface area contributed by atoms with E-state index in [1.165, 1.54) is 11.3 Å². The van der Waals surface area contributed by atoms with E-state index in [1.54, 1.807) is 0 Å². The molecule has 0 radical (unpaired) electrons. The minimum Gasteiger partial charge on any atom is -0.340 e. The smallest absolute Gasteiger partial charge is 0.222 e. The summed E-state index contributed by atoms with van der Waals surface area (Å²) in [5.41, 5.74) is 3.51. The zero-order valence-corrected chi connectivity index (χ0v) is 15.3. The number of aryl methyl sites for hydroxylation is 4. The van der Waals surface area contributed by atoms with Gasteiger partial charge in [-0.2, -0.15) is 5.10 Å². The summed E-state index contributed by atoms with van der Waals surface area (Å²) >= 11 is 0. The summed E-state index contributed by atoms with van der Waals surface area (Å²) in [5, 5.41) is 4.47. The second-order valence-electron chi connectivity index (χ2n) is 7.03. The molecular weight excluding hydrogens is 312 g/mol. The average Bonchev–Trinajstić information content (AvgIpc) is 3.20. The molecule has 3 heterocycles. The zero-order valence-electron chi connectivity index (χ0n) is 15.3. The largest absolute Gasteiger partial charge is 0.340 e. The number of hydrogen-bond donors (Lipinski definition) is 0. The van der Waals surface area contributed by atoms with Gasteiger partial charge in [-0.3, -0.25) is 14.5 Å². The predicted octanol–water partition coefficient (Wildman–Crippen LogP) is 3.30. The first-order chi connectivity index (χ1) is 12.1. The molecule has 1 atom stereocenters. The second-order valence-corrected chi connectivity index (χ2v) is 7.03. The van der Waals surface area contributed by atoms with Gasteiger partial charge in [-0.25, -0.2) is 0 Å². The van der Waals surface area contributed by atoms with Crippen molar-refractivity contribution in [2.24, 2.45) is 0 Å². The molecule has 0 spiro atoms. The third-order valence-electron chi connectivity index (χ3n) is 5.08. The molecule has 0 N–H and O–H groups in total. The maximum atomic E-state index is 12.6. The van der Waals surface area contributed by atoms with Gasteiger partial charge >= 0.3 is 0 Å². The SMILES string of the molecule is Cc1cc(C)n(CCCC(=O)N2CCC[C@H]2CCc2ccncc2)n1. The lowest BCUT2D eigenvalue weighted by Gasteiger charge is -2.25. The number of aromatic nitrogens is 3. The van der Waals surface area contributed by atoms with Crippen LogP contribution in [0.3, 0.4) is 0 Å². The van der Waals surface area contributed by atoms with E-state index in [9.17, 15) is 4.79 Å². The molecule has 3 rings (SSSR count). The van der Waals surface area contributed by atoms with Crippen LogP contribution in [-0.4, -0.2) is 38.2 Å². The Balaban J connectivity index is 1.46. The fourth-order valence-corrected chi connectivity index (χ4v) is 3.77. The first kappa shape index (κ1) is 17.6. The molecule has 0 aromatic carbocycles. The summed E-state index contributed by atoms with van der Waals surface area (Å²) in [5.74, 6) is 0.304. The quantitative estimate of drug-likeness (QED) is 0.777. The number of rotatable bonds is 7. The minimum atomic E-state index is 0.304. The lowest BCUT2D eigenvalue weighted by Crippen LogP contribution is -2.35. The van der Waals surface area contributed by atoms with Gasteiger partial charge in [-0.1, -0.05) is 0 Å². The Labute approximate surface area is 150 Å². The molecule has 5 nitrogen and oxygen atoms in total. The van der Waals surface area contributed by atoms with Gasteiger partial charge in [0.15, 0.2) is 0 Å². The molecule has 25 heavy (non-hydrogen) atoms. The van der Waals surface area contributed by atoms with Gasteiger partial charge in [-0.15, -0.1) is 0 Å². The summed E-state index contributed by atoms with van der Waals surface area (Å²) in [6.07, 6.45) is 9.48. The van der Waals surface area contributed by atoms with E-state index in [0.29, 0.717) is 18.4 Å². The van der Waals surface area contributed by atoms with Crippen LogP contribution in [0.1, 0.15) is 49.1 Å². The number of carbonyl (C=O) groups excluding carboxylic acids is 1. The molecule has 0 bridgehead atoms. The van der Waals surface area contributed by atoms with Crippen LogP contribution < -0.4 is 0 Å². The third kappa shape index (κ3) is 4.68. The first-order valence-electron chi connectivity index (χ1n) is 9.33. The molecule has 5 heteroatoms. The molecule has 0 unspecified atom stereocenters. The highest BCUT2D eigenvalue weighted by Gasteiger charge is 2.27. The van der Waals surface area contributed by atoms with E-state index in [0.717, 1.165) is 50.9 Å². The minimum absolute atomic E-state index is 0.304. The van der Waals surface area contributed by atoms with Crippen molar-refractivity contribution < 1.29 is 4.79 Å². The van der Waals surface area contributed by atoms with Crippen molar-refractivity contribution in [2.45, 2.75) is 65.0 Å². The van der Waals surface area contributed by atoms with Crippen LogP contribution in [0.15, 0.2) is 30.6 Å². The molecule has 0 saturated carbocycles. The lowest BCUT2D eigenvalue weighted by molar-refractivity contribution is -0.132. The number of amides is 1. The summed E-state index contributed by atoms with van der Waals surface area (Å²) in [6, 6.07) is 6.61. The van der Waals surface area contributed by atoms with Crippen LogP contribution in [-0.2, 0) is 17.8 Å². The highest BCUT2D eigenvalue weighted by Crippen LogP contribution is 2.23. The van der Waals surface area contributed by atoms with Crippen molar-refractivity contribution in [1.82, 2.24) is 19.7 Å². The number of hydrogen-bond acceptors (Lipinski definition) is 3. The number of pyridine rings is 1. The Kier molecular flexibility index (Phi) is 5.84. The normalized spacial score (nSPS) is 17.2. The van der Waals surface area contributed by atoms with Crippen molar-refractivity contribution >= 4 is 5.91 Å². The molecule has 2 aromatic rings. The maximum absolute atomic E-state index is 12.6. The topological polar surface area (TPSA) is 51.0 Å². The zero-order chi connectivity index (χ0) is 17.6. The molecule has 1 aliphatic heterocycles. The molecule has 0 aliphatic carbocycles. The summed E-state index contributed by atoms with van der Waals surface area (Å²) in [7, 11) is 0. The Morgan fingerprint density at radius 1 is 1.28 bits per heavy atom. The first-order valence-corrected chi connectivity index (χ1v) is 9.33. The second kappa shape index (κ2) is 8.28. The van der Waals surface area contributed by atoms with Gasteiger partial charge in [0, 0.05) is 43.6 Å².